The Balaban J connectivity index is 1.64. The fourth-order valence-corrected chi connectivity index (χ4v) is 2.85. The van der Waals surface area contributed by atoms with Crippen LogP contribution in [0.5, 0.6) is 0 Å². The van der Waals surface area contributed by atoms with Gasteiger partial charge in [-0.3, -0.25) is 0 Å². The Morgan fingerprint density at radius 1 is 1.35 bits per heavy atom. The Kier molecular flexibility index (Phi) is 5.85. The maximum atomic E-state index is 13.0. The summed E-state index contributed by atoms with van der Waals surface area (Å²) in [6.45, 7) is 8.22. The Hall–Kier alpha value is -1.78. The highest BCUT2D eigenvalue weighted by atomic mass is 19.1. The van der Waals surface area contributed by atoms with Crippen LogP contribution in [0.25, 0.3) is 0 Å². The van der Waals surface area contributed by atoms with Crippen LogP contribution in [0.2, 0.25) is 0 Å². The van der Waals surface area contributed by atoms with E-state index in [1.165, 1.54) is 12.1 Å². The molecule has 1 heterocycles. The van der Waals surface area contributed by atoms with E-state index < -0.39 is 5.60 Å². The monoisotopic (exact) mass is 322 g/mol. The van der Waals surface area contributed by atoms with Gasteiger partial charge in [0.1, 0.15) is 11.4 Å². The predicted molar refractivity (Wildman–Crippen MR) is 90.2 cm³/mol. The van der Waals surface area contributed by atoms with Crippen LogP contribution in [-0.4, -0.2) is 31.3 Å². The van der Waals surface area contributed by atoms with Crippen LogP contribution in [0.3, 0.4) is 0 Å². The maximum Gasteiger partial charge on any atom is 0.407 e. The van der Waals surface area contributed by atoms with Crippen molar-refractivity contribution in [2.75, 3.05) is 24.5 Å². The molecule has 1 aromatic rings. The smallest absolute Gasteiger partial charge is 0.407 e. The number of anilines is 1. The molecule has 1 saturated heterocycles. The summed E-state index contributed by atoms with van der Waals surface area (Å²) in [6, 6.07) is 6.68. The van der Waals surface area contributed by atoms with E-state index in [9.17, 15) is 9.18 Å². The van der Waals surface area contributed by atoms with Crippen molar-refractivity contribution in [1.82, 2.24) is 5.32 Å². The van der Waals surface area contributed by atoms with Crippen LogP contribution in [0.4, 0.5) is 14.9 Å². The normalized spacial score (nSPS) is 18.1. The van der Waals surface area contributed by atoms with Crippen LogP contribution >= 0.6 is 0 Å². The number of halogens is 1. The summed E-state index contributed by atoms with van der Waals surface area (Å²) in [4.78, 5) is 13.8. The van der Waals surface area contributed by atoms with Crippen molar-refractivity contribution in [2.45, 2.75) is 45.6 Å². The zero-order valence-corrected chi connectivity index (χ0v) is 14.3. The molecule has 1 N–H and O–H groups in total. The van der Waals surface area contributed by atoms with Crippen LogP contribution in [0, 0.1) is 11.7 Å². The van der Waals surface area contributed by atoms with Crippen molar-refractivity contribution in [3.63, 3.8) is 0 Å². The lowest BCUT2D eigenvalue weighted by molar-refractivity contribution is 0.0526. The van der Waals surface area contributed by atoms with Gasteiger partial charge in [0.2, 0.25) is 0 Å². The van der Waals surface area contributed by atoms with Crippen molar-refractivity contribution in [3.05, 3.63) is 30.1 Å². The van der Waals surface area contributed by atoms with Crippen LogP contribution in [0.15, 0.2) is 24.3 Å². The number of hydrogen-bond acceptors (Lipinski definition) is 3. The molecule has 0 saturated carbocycles. The molecule has 1 atom stereocenters. The topological polar surface area (TPSA) is 41.6 Å². The van der Waals surface area contributed by atoms with Gasteiger partial charge in [0.25, 0.3) is 0 Å². The fourth-order valence-electron chi connectivity index (χ4n) is 2.85. The van der Waals surface area contributed by atoms with Crippen molar-refractivity contribution < 1.29 is 13.9 Å². The first-order chi connectivity index (χ1) is 10.8. The third kappa shape index (κ3) is 6.08. The second kappa shape index (κ2) is 7.66. The lowest BCUT2D eigenvalue weighted by Gasteiger charge is -2.20. The zero-order valence-electron chi connectivity index (χ0n) is 14.3. The number of alkyl carbamates (subject to hydrolysis) is 1. The van der Waals surface area contributed by atoms with E-state index in [0.717, 1.165) is 38.0 Å². The Morgan fingerprint density at radius 3 is 2.70 bits per heavy atom. The number of nitrogens with one attached hydrogen (secondary N) is 1. The van der Waals surface area contributed by atoms with E-state index in [1.807, 2.05) is 32.9 Å². The first kappa shape index (κ1) is 17.6. The fraction of sp³-hybridized carbons (Fsp3) is 0.611. The zero-order chi connectivity index (χ0) is 16.9. The van der Waals surface area contributed by atoms with E-state index in [4.69, 9.17) is 4.74 Å². The maximum absolute atomic E-state index is 13.0. The minimum absolute atomic E-state index is 0.197. The van der Waals surface area contributed by atoms with Crippen molar-refractivity contribution in [1.29, 1.82) is 0 Å². The van der Waals surface area contributed by atoms with Gasteiger partial charge in [0.05, 0.1) is 0 Å². The van der Waals surface area contributed by atoms with Crippen LogP contribution in [-0.2, 0) is 4.74 Å². The van der Waals surface area contributed by atoms with Crippen molar-refractivity contribution in [2.24, 2.45) is 5.92 Å². The molecule has 1 aliphatic heterocycles. The Labute approximate surface area is 138 Å². The third-order valence-electron chi connectivity index (χ3n) is 3.93. The molecule has 23 heavy (non-hydrogen) atoms. The van der Waals surface area contributed by atoms with Gasteiger partial charge in [-0.1, -0.05) is 0 Å². The van der Waals surface area contributed by atoms with Gasteiger partial charge < -0.3 is 15.0 Å². The largest absolute Gasteiger partial charge is 0.444 e. The lowest BCUT2D eigenvalue weighted by atomic mass is 10.0. The summed E-state index contributed by atoms with van der Waals surface area (Å²) < 4.78 is 18.2. The molecular weight excluding hydrogens is 295 g/mol. The molecule has 1 amide bonds. The molecule has 2 rings (SSSR count). The third-order valence-corrected chi connectivity index (χ3v) is 3.93. The van der Waals surface area contributed by atoms with Gasteiger partial charge in [0.15, 0.2) is 0 Å². The van der Waals surface area contributed by atoms with Crippen molar-refractivity contribution in [3.8, 4) is 0 Å². The summed E-state index contributed by atoms with van der Waals surface area (Å²) in [6.07, 6.45) is 2.82. The highest BCUT2D eigenvalue weighted by Crippen LogP contribution is 2.26. The van der Waals surface area contributed by atoms with Gasteiger partial charge in [-0.25, -0.2) is 9.18 Å². The molecule has 0 aliphatic carbocycles. The molecule has 0 spiro atoms. The Morgan fingerprint density at radius 2 is 2.04 bits per heavy atom. The minimum atomic E-state index is -0.453. The van der Waals surface area contributed by atoms with Gasteiger partial charge >= 0.3 is 6.09 Å². The SMILES string of the molecule is CC(C)(C)OC(=O)NCCCC1CCN(c2ccc(F)cc2)C1. The summed E-state index contributed by atoms with van der Waals surface area (Å²) in [5.74, 6) is 0.429. The summed E-state index contributed by atoms with van der Waals surface area (Å²) in [5.41, 5.74) is 0.631. The van der Waals surface area contributed by atoms with Crippen molar-refractivity contribution >= 4 is 11.8 Å². The van der Waals surface area contributed by atoms with E-state index in [1.54, 1.807) is 0 Å². The average molecular weight is 322 g/mol. The number of ether oxygens (including phenoxy) is 1. The van der Waals surface area contributed by atoms with Gasteiger partial charge in [-0.2, -0.15) is 0 Å². The second-order valence-electron chi connectivity index (χ2n) is 7.15. The predicted octanol–water partition coefficient (Wildman–Crippen LogP) is 3.96. The standard InChI is InChI=1S/C18H27FN2O2/c1-18(2,3)23-17(22)20-11-4-5-14-10-12-21(13-14)16-8-6-15(19)7-9-16/h6-9,14H,4-5,10-13H2,1-3H3,(H,20,22). The number of hydrogen-bond donors (Lipinski definition) is 1. The van der Waals surface area contributed by atoms with Crippen LogP contribution in [0.1, 0.15) is 40.0 Å². The molecule has 0 radical (unpaired) electrons. The number of carbonyl (C=O) groups excluding carboxylic acids is 1. The van der Waals surface area contributed by atoms with Crippen LogP contribution < -0.4 is 10.2 Å². The van der Waals surface area contributed by atoms with E-state index in [2.05, 4.69) is 10.2 Å². The molecule has 4 nitrogen and oxygen atoms in total. The molecule has 1 aromatic carbocycles. The molecule has 5 heteroatoms. The number of rotatable bonds is 5. The summed E-state index contributed by atoms with van der Waals surface area (Å²) in [7, 11) is 0. The highest BCUT2D eigenvalue weighted by molar-refractivity contribution is 5.67. The molecular formula is C18H27FN2O2. The molecule has 128 valence electrons. The number of amides is 1. The first-order valence-corrected chi connectivity index (χ1v) is 8.31. The van der Waals surface area contributed by atoms with E-state index >= 15 is 0 Å². The number of carbonyl (C=O) groups is 1. The highest BCUT2D eigenvalue weighted by Gasteiger charge is 2.22. The molecule has 1 fully saturated rings. The molecule has 0 bridgehead atoms. The van der Waals surface area contributed by atoms with E-state index in [0.29, 0.717) is 12.5 Å². The van der Waals surface area contributed by atoms with Gasteiger partial charge in [0, 0.05) is 25.3 Å². The number of benzene rings is 1. The van der Waals surface area contributed by atoms with Gasteiger partial charge in [-0.05, 0) is 70.2 Å². The summed E-state index contributed by atoms with van der Waals surface area (Å²) in [5, 5.41) is 2.80. The molecule has 1 unspecified atom stereocenters. The quantitative estimate of drug-likeness (QED) is 0.834. The average Bonchev–Trinajstić information content (AvgIpc) is 2.91. The number of nitrogens with zero attached hydrogens (tertiary/aromatic N) is 1. The minimum Gasteiger partial charge on any atom is -0.444 e. The first-order valence-electron chi connectivity index (χ1n) is 8.31. The van der Waals surface area contributed by atoms with Gasteiger partial charge in [-0.15, -0.1) is 0 Å². The summed E-state index contributed by atoms with van der Waals surface area (Å²) >= 11 is 0. The molecule has 1 aliphatic rings. The molecule has 0 aromatic heterocycles. The Bertz CT molecular complexity index is 511. The second-order valence-corrected chi connectivity index (χ2v) is 7.15. The van der Waals surface area contributed by atoms with E-state index in [-0.39, 0.29) is 11.9 Å². The lowest BCUT2D eigenvalue weighted by Crippen LogP contribution is -2.33.